The van der Waals surface area contributed by atoms with E-state index in [1.165, 1.54) is 6.08 Å². The van der Waals surface area contributed by atoms with Crippen molar-refractivity contribution in [2.24, 2.45) is 0 Å². The average molecular weight is 342 g/mol. The Hall–Kier alpha value is -3.66. The molecule has 0 unspecified atom stereocenters. The fraction of sp³-hybridized carbons (Fsp3) is 0. The van der Waals surface area contributed by atoms with Crippen LogP contribution >= 0.6 is 0 Å². The van der Waals surface area contributed by atoms with Crippen LogP contribution in [0.3, 0.4) is 0 Å². The molecular weight excluding hydrogens is 328 g/mol. The summed E-state index contributed by atoms with van der Waals surface area (Å²) in [5.41, 5.74) is 0.868. The highest BCUT2D eigenvalue weighted by molar-refractivity contribution is 6.04. The number of ether oxygens (including phenoxy) is 1. The topological polar surface area (TPSA) is 56.5 Å². The maximum atomic E-state index is 12.1. The Labute approximate surface area is 148 Å². The Morgan fingerprint density at radius 1 is 0.846 bits per heavy atom. The van der Waals surface area contributed by atoms with E-state index in [0.717, 1.165) is 16.3 Å². The molecule has 0 aliphatic heterocycles. The molecule has 0 aliphatic carbocycles. The lowest BCUT2D eigenvalue weighted by Gasteiger charge is -2.05. The zero-order valence-electron chi connectivity index (χ0n) is 13.7. The number of benzene rings is 3. The van der Waals surface area contributed by atoms with E-state index in [2.05, 4.69) is 0 Å². The molecule has 3 aromatic carbocycles. The number of carbonyl (C=O) groups excluding carboxylic acids is 1. The van der Waals surface area contributed by atoms with Gasteiger partial charge in [-0.15, -0.1) is 0 Å². The summed E-state index contributed by atoms with van der Waals surface area (Å²) in [7, 11) is 0. The lowest BCUT2D eigenvalue weighted by molar-refractivity contribution is -0.128. The van der Waals surface area contributed by atoms with Gasteiger partial charge >= 0.3 is 11.6 Å². The highest BCUT2D eigenvalue weighted by Crippen LogP contribution is 2.26. The number of carbonyl (C=O) groups is 1. The van der Waals surface area contributed by atoms with Crippen LogP contribution in [-0.2, 0) is 4.79 Å². The van der Waals surface area contributed by atoms with Gasteiger partial charge in [0.2, 0.25) is 0 Å². The third kappa shape index (κ3) is 3.13. The van der Waals surface area contributed by atoms with Gasteiger partial charge in [0.05, 0.1) is 5.39 Å². The van der Waals surface area contributed by atoms with Crippen LogP contribution < -0.4 is 10.4 Å². The molecule has 0 aliphatic rings. The second-order valence-electron chi connectivity index (χ2n) is 5.76. The molecule has 4 heteroatoms. The Balaban J connectivity index is 1.63. The van der Waals surface area contributed by atoms with Crippen molar-refractivity contribution < 1.29 is 13.9 Å². The molecule has 0 bridgehead atoms. The fourth-order valence-corrected chi connectivity index (χ4v) is 2.80. The number of esters is 1. The van der Waals surface area contributed by atoms with Gasteiger partial charge in [0, 0.05) is 17.5 Å². The quantitative estimate of drug-likeness (QED) is 0.180. The molecular formula is C22H14O4. The largest absolute Gasteiger partial charge is 0.423 e. The van der Waals surface area contributed by atoms with Crippen LogP contribution in [0.1, 0.15) is 5.56 Å². The van der Waals surface area contributed by atoms with Crippen molar-refractivity contribution in [1.82, 2.24) is 0 Å². The molecule has 0 fully saturated rings. The van der Waals surface area contributed by atoms with Crippen LogP contribution in [0.25, 0.3) is 27.8 Å². The number of hydrogen-bond acceptors (Lipinski definition) is 4. The minimum Gasteiger partial charge on any atom is -0.423 e. The van der Waals surface area contributed by atoms with E-state index < -0.39 is 11.6 Å². The molecule has 1 aromatic heterocycles. The van der Waals surface area contributed by atoms with Gasteiger partial charge in [-0.3, -0.25) is 0 Å². The van der Waals surface area contributed by atoms with Crippen LogP contribution in [0.15, 0.2) is 88.1 Å². The third-order valence-electron chi connectivity index (χ3n) is 4.02. The molecule has 0 saturated heterocycles. The van der Waals surface area contributed by atoms with E-state index in [4.69, 9.17) is 9.15 Å². The van der Waals surface area contributed by atoms with Crippen molar-refractivity contribution in [3.05, 3.63) is 94.9 Å². The van der Waals surface area contributed by atoms with Crippen molar-refractivity contribution in [3.8, 4) is 5.75 Å². The van der Waals surface area contributed by atoms with E-state index >= 15 is 0 Å². The Morgan fingerprint density at radius 2 is 1.58 bits per heavy atom. The van der Waals surface area contributed by atoms with Crippen molar-refractivity contribution in [3.63, 3.8) is 0 Å². The Kier molecular flexibility index (Phi) is 4.07. The van der Waals surface area contributed by atoms with Gasteiger partial charge in [-0.2, -0.15) is 0 Å². The minimum atomic E-state index is -0.503. The lowest BCUT2D eigenvalue weighted by atomic mass is 10.1. The lowest BCUT2D eigenvalue weighted by Crippen LogP contribution is -2.04. The molecule has 4 rings (SSSR count). The van der Waals surface area contributed by atoms with E-state index in [1.54, 1.807) is 36.4 Å². The summed E-state index contributed by atoms with van der Waals surface area (Å²) in [6.45, 7) is 0. The first-order valence-corrected chi connectivity index (χ1v) is 8.11. The summed E-state index contributed by atoms with van der Waals surface area (Å²) in [6, 6.07) is 21.7. The SMILES string of the molecule is O=C(C=Cc1ccccc1)Oc1ccc2c(c1)oc(=O)c1ccccc12. The molecule has 0 spiro atoms. The van der Waals surface area contributed by atoms with E-state index in [1.807, 2.05) is 42.5 Å². The highest BCUT2D eigenvalue weighted by atomic mass is 16.5. The Bertz CT molecular complexity index is 1190. The van der Waals surface area contributed by atoms with Gasteiger partial charge in [0.15, 0.2) is 0 Å². The molecule has 1 heterocycles. The van der Waals surface area contributed by atoms with Gasteiger partial charge in [-0.25, -0.2) is 9.59 Å². The van der Waals surface area contributed by atoms with Crippen molar-refractivity contribution in [2.75, 3.05) is 0 Å². The van der Waals surface area contributed by atoms with Gasteiger partial charge in [-0.05, 0) is 35.2 Å². The summed E-state index contributed by atoms with van der Waals surface area (Å²) in [5, 5.41) is 2.12. The zero-order chi connectivity index (χ0) is 17.9. The molecule has 0 N–H and O–H groups in total. The summed E-state index contributed by atoms with van der Waals surface area (Å²) < 4.78 is 10.7. The zero-order valence-corrected chi connectivity index (χ0v) is 13.7. The first kappa shape index (κ1) is 15.8. The monoisotopic (exact) mass is 342 g/mol. The summed E-state index contributed by atoms with van der Waals surface area (Å²) >= 11 is 0. The van der Waals surface area contributed by atoms with Crippen LogP contribution in [0.4, 0.5) is 0 Å². The van der Waals surface area contributed by atoms with Crippen molar-refractivity contribution >= 4 is 33.8 Å². The summed E-state index contributed by atoms with van der Waals surface area (Å²) in [6.07, 6.45) is 3.03. The summed E-state index contributed by atoms with van der Waals surface area (Å²) in [4.78, 5) is 24.1. The molecule has 0 saturated carbocycles. The molecule has 0 atom stereocenters. The maximum absolute atomic E-state index is 12.1. The molecule has 26 heavy (non-hydrogen) atoms. The second kappa shape index (κ2) is 6.69. The average Bonchev–Trinajstić information content (AvgIpc) is 2.67. The first-order valence-electron chi connectivity index (χ1n) is 8.11. The van der Waals surface area contributed by atoms with Crippen LogP contribution in [0.5, 0.6) is 5.75 Å². The van der Waals surface area contributed by atoms with Crippen molar-refractivity contribution in [2.45, 2.75) is 0 Å². The standard InChI is InChI=1S/C22H14O4/c23-21(13-10-15-6-2-1-3-7-15)25-16-11-12-18-17-8-4-5-9-19(17)22(24)26-20(18)14-16/h1-14H. The van der Waals surface area contributed by atoms with Crippen molar-refractivity contribution in [1.29, 1.82) is 0 Å². The summed E-state index contributed by atoms with van der Waals surface area (Å²) in [5.74, 6) is -0.185. The van der Waals surface area contributed by atoms with Crippen LogP contribution in [0, 0.1) is 0 Å². The number of rotatable bonds is 3. The smallest absolute Gasteiger partial charge is 0.344 e. The van der Waals surface area contributed by atoms with Gasteiger partial charge in [0.25, 0.3) is 0 Å². The van der Waals surface area contributed by atoms with Gasteiger partial charge < -0.3 is 9.15 Å². The predicted molar refractivity (Wildman–Crippen MR) is 101 cm³/mol. The minimum absolute atomic E-state index is 0.318. The molecule has 4 nitrogen and oxygen atoms in total. The normalized spacial score (nSPS) is 11.2. The Morgan fingerprint density at radius 3 is 2.38 bits per heavy atom. The molecule has 4 aromatic rings. The van der Waals surface area contributed by atoms with Crippen LogP contribution in [-0.4, -0.2) is 5.97 Å². The number of fused-ring (bicyclic) bond motifs is 3. The third-order valence-corrected chi connectivity index (χ3v) is 4.02. The van der Waals surface area contributed by atoms with E-state index in [-0.39, 0.29) is 0 Å². The highest BCUT2D eigenvalue weighted by Gasteiger charge is 2.09. The van der Waals surface area contributed by atoms with Gasteiger partial charge in [-0.1, -0.05) is 48.5 Å². The van der Waals surface area contributed by atoms with Gasteiger partial charge in [0.1, 0.15) is 11.3 Å². The fourth-order valence-electron chi connectivity index (χ4n) is 2.80. The van der Waals surface area contributed by atoms with E-state index in [0.29, 0.717) is 16.7 Å². The molecule has 126 valence electrons. The van der Waals surface area contributed by atoms with Crippen LogP contribution in [0.2, 0.25) is 0 Å². The first-order chi connectivity index (χ1) is 12.7. The molecule has 0 radical (unpaired) electrons. The van der Waals surface area contributed by atoms with E-state index in [9.17, 15) is 9.59 Å². The predicted octanol–water partition coefficient (Wildman–Crippen LogP) is 4.57. The molecule has 0 amide bonds. The number of hydrogen-bond donors (Lipinski definition) is 0. The second-order valence-corrected chi connectivity index (χ2v) is 5.76. The maximum Gasteiger partial charge on any atom is 0.344 e.